The van der Waals surface area contributed by atoms with Crippen molar-refractivity contribution in [2.45, 2.75) is 95.6 Å². The van der Waals surface area contributed by atoms with E-state index in [4.69, 9.17) is 4.74 Å². The van der Waals surface area contributed by atoms with Gasteiger partial charge in [0, 0.05) is 12.6 Å². The normalized spacial score (nSPS) is 41.1. The summed E-state index contributed by atoms with van der Waals surface area (Å²) in [5.74, 6) is 0.863. The van der Waals surface area contributed by atoms with Crippen molar-refractivity contribution in [3.8, 4) is 0 Å². The minimum Gasteiger partial charge on any atom is -0.376 e. The summed E-state index contributed by atoms with van der Waals surface area (Å²) in [5, 5.41) is 10.6. The van der Waals surface area contributed by atoms with E-state index >= 15 is 0 Å². The van der Waals surface area contributed by atoms with Crippen LogP contribution in [0.4, 0.5) is 0 Å². The van der Waals surface area contributed by atoms with Gasteiger partial charge in [-0.15, -0.1) is 0 Å². The number of likely N-dealkylation sites (tertiary alicyclic amines) is 1. The molecule has 1 saturated heterocycles. The third kappa shape index (κ3) is 3.37. The van der Waals surface area contributed by atoms with Crippen molar-refractivity contribution in [2.24, 2.45) is 5.92 Å². The number of aliphatic hydroxyl groups is 1. The summed E-state index contributed by atoms with van der Waals surface area (Å²) in [4.78, 5) is 2.33. The van der Waals surface area contributed by atoms with Crippen LogP contribution in [0.25, 0.3) is 0 Å². The molecule has 0 bridgehead atoms. The first-order valence-corrected chi connectivity index (χ1v) is 8.83. The van der Waals surface area contributed by atoms with Crippen LogP contribution in [-0.2, 0) is 4.74 Å². The Hall–Kier alpha value is -0.120. The average molecular weight is 281 g/mol. The lowest BCUT2D eigenvalue weighted by Gasteiger charge is -2.35. The maximum atomic E-state index is 10.6. The highest BCUT2D eigenvalue weighted by Gasteiger charge is 2.39. The predicted octanol–water partition coefficient (Wildman–Crippen LogP) is 3.31. The molecule has 2 saturated carbocycles. The van der Waals surface area contributed by atoms with Crippen LogP contribution in [-0.4, -0.2) is 41.0 Å². The number of hydrogen-bond acceptors (Lipinski definition) is 3. The molecule has 0 aromatic heterocycles. The summed E-state index contributed by atoms with van der Waals surface area (Å²) in [6, 6.07) is 0.610. The molecule has 0 spiro atoms. The molecule has 2 unspecified atom stereocenters. The van der Waals surface area contributed by atoms with Crippen molar-refractivity contribution < 1.29 is 9.84 Å². The Labute approximate surface area is 123 Å². The smallest absolute Gasteiger partial charge is 0.134 e. The molecule has 1 aliphatic heterocycles. The molecule has 116 valence electrons. The third-order valence-electron chi connectivity index (χ3n) is 5.72. The van der Waals surface area contributed by atoms with Gasteiger partial charge < -0.3 is 9.84 Å². The van der Waals surface area contributed by atoms with Crippen LogP contribution in [0.3, 0.4) is 0 Å². The largest absolute Gasteiger partial charge is 0.376 e. The summed E-state index contributed by atoms with van der Waals surface area (Å²) in [6.07, 6.45) is 12.7. The van der Waals surface area contributed by atoms with E-state index < -0.39 is 0 Å². The molecule has 3 rings (SSSR count). The molecule has 2 atom stereocenters. The predicted molar refractivity (Wildman–Crippen MR) is 80.5 cm³/mol. The van der Waals surface area contributed by atoms with Crippen molar-refractivity contribution in [1.29, 1.82) is 0 Å². The zero-order chi connectivity index (χ0) is 13.9. The van der Waals surface area contributed by atoms with E-state index in [0.717, 1.165) is 18.9 Å². The molecule has 0 aromatic rings. The first-order chi connectivity index (χ1) is 9.74. The Morgan fingerprint density at radius 3 is 2.30 bits per heavy atom. The molecule has 0 amide bonds. The van der Waals surface area contributed by atoms with Gasteiger partial charge in [-0.25, -0.2) is 0 Å². The van der Waals surface area contributed by atoms with Gasteiger partial charge in [-0.3, -0.25) is 4.90 Å². The summed E-state index contributed by atoms with van der Waals surface area (Å²) in [7, 11) is 0. The minimum atomic E-state index is -0.350. The standard InChI is InChI=1S/C17H31NO2/c1-13-7-9-15(10-8-13)20-16-11-12-18(17(16)19)14-5-3-2-4-6-14/h13-17,19H,2-12H2,1H3. The van der Waals surface area contributed by atoms with Gasteiger partial charge in [0.1, 0.15) is 6.23 Å². The Morgan fingerprint density at radius 2 is 1.60 bits per heavy atom. The zero-order valence-corrected chi connectivity index (χ0v) is 13.0. The van der Waals surface area contributed by atoms with E-state index in [2.05, 4.69) is 11.8 Å². The minimum absolute atomic E-state index is 0.0651. The maximum Gasteiger partial charge on any atom is 0.134 e. The number of aliphatic hydroxyl groups excluding tert-OH is 1. The molecule has 3 fully saturated rings. The van der Waals surface area contributed by atoms with Crippen molar-refractivity contribution >= 4 is 0 Å². The van der Waals surface area contributed by atoms with E-state index in [0.29, 0.717) is 12.1 Å². The highest BCUT2D eigenvalue weighted by Crippen LogP contribution is 2.32. The summed E-state index contributed by atoms with van der Waals surface area (Å²) < 4.78 is 6.24. The maximum absolute atomic E-state index is 10.6. The van der Waals surface area contributed by atoms with Crippen molar-refractivity contribution in [2.75, 3.05) is 6.54 Å². The molecular formula is C17H31NO2. The lowest BCUT2D eigenvalue weighted by Crippen LogP contribution is -2.44. The molecule has 3 nitrogen and oxygen atoms in total. The van der Waals surface area contributed by atoms with Crippen LogP contribution in [0, 0.1) is 5.92 Å². The average Bonchev–Trinajstić information content (AvgIpc) is 2.84. The van der Waals surface area contributed by atoms with Gasteiger partial charge in [0.25, 0.3) is 0 Å². The number of hydrogen-bond donors (Lipinski definition) is 1. The van der Waals surface area contributed by atoms with Crippen molar-refractivity contribution in [3.05, 3.63) is 0 Å². The highest BCUT2D eigenvalue weighted by molar-refractivity contribution is 4.88. The summed E-state index contributed by atoms with van der Waals surface area (Å²) in [5.41, 5.74) is 0. The SMILES string of the molecule is CC1CCC(OC2CCN(C3CCCCC3)C2O)CC1. The Kier molecular flexibility index (Phi) is 5.00. The first kappa shape index (κ1) is 14.8. The van der Waals surface area contributed by atoms with Gasteiger partial charge in [0.15, 0.2) is 0 Å². The van der Waals surface area contributed by atoms with Crippen LogP contribution >= 0.6 is 0 Å². The fraction of sp³-hybridized carbons (Fsp3) is 1.00. The molecule has 3 aliphatic rings. The molecule has 0 radical (unpaired) electrons. The molecular weight excluding hydrogens is 250 g/mol. The van der Waals surface area contributed by atoms with Crippen LogP contribution in [0.2, 0.25) is 0 Å². The van der Waals surface area contributed by atoms with Crippen LogP contribution in [0.1, 0.15) is 71.1 Å². The first-order valence-electron chi connectivity index (χ1n) is 8.83. The van der Waals surface area contributed by atoms with Gasteiger partial charge in [-0.2, -0.15) is 0 Å². The fourth-order valence-electron chi connectivity index (χ4n) is 4.33. The summed E-state index contributed by atoms with van der Waals surface area (Å²) >= 11 is 0. The topological polar surface area (TPSA) is 32.7 Å². The van der Waals surface area contributed by atoms with E-state index in [9.17, 15) is 5.11 Å². The zero-order valence-electron chi connectivity index (χ0n) is 13.0. The van der Waals surface area contributed by atoms with Gasteiger partial charge in [0.05, 0.1) is 12.2 Å². The molecule has 2 aliphatic carbocycles. The van der Waals surface area contributed by atoms with Crippen LogP contribution in [0.15, 0.2) is 0 Å². The van der Waals surface area contributed by atoms with E-state index in [1.807, 2.05) is 0 Å². The second kappa shape index (κ2) is 6.76. The van der Waals surface area contributed by atoms with Gasteiger partial charge in [-0.1, -0.05) is 26.2 Å². The number of nitrogens with zero attached hydrogens (tertiary/aromatic N) is 1. The molecule has 20 heavy (non-hydrogen) atoms. The van der Waals surface area contributed by atoms with Gasteiger partial charge >= 0.3 is 0 Å². The monoisotopic (exact) mass is 281 g/mol. The molecule has 0 aromatic carbocycles. The van der Waals surface area contributed by atoms with E-state index in [1.54, 1.807) is 0 Å². The van der Waals surface area contributed by atoms with E-state index in [1.165, 1.54) is 57.8 Å². The number of ether oxygens (including phenoxy) is 1. The highest BCUT2D eigenvalue weighted by atomic mass is 16.5. The Balaban J connectivity index is 1.49. The third-order valence-corrected chi connectivity index (χ3v) is 5.72. The lowest BCUT2D eigenvalue weighted by atomic mass is 9.89. The van der Waals surface area contributed by atoms with Crippen LogP contribution in [0.5, 0.6) is 0 Å². The second-order valence-corrected chi connectivity index (χ2v) is 7.29. The number of rotatable bonds is 3. The van der Waals surface area contributed by atoms with Crippen molar-refractivity contribution in [1.82, 2.24) is 4.90 Å². The second-order valence-electron chi connectivity index (χ2n) is 7.29. The van der Waals surface area contributed by atoms with E-state index in [-0.39, 0.29) is 12.3 Å². The molecule has 1 N–H and O–H groups in total. The van der Waals surface area contributed by atoms with Crippen LogP contribution < -0.4 is 0 Å². The molecule has 3 heteroatoms. The van der Waals surface area contributed by atoms with Crippen molar-refractivity contribution in [3.63, 3.8) is 0 Å². The fourth-order valence-corrected chi connectivity index (χ4v) is 4.33. The van der Waals surface area contributed by atoms with Gasteiger partial charge in [-0.05, 0) is 50.9 Å². The lowest BCUT2D eigenvalue weighted by molar-refractivity contribution is -0.118. The summed E-state index contributed by atoms with van der Waals surface area (Å²) in [6.45, 7) is 3.37. The molecule has 1 heterocycles. The quantitative estimate of drug-likeness (QED) is 0.861. The van der Waals surface area contributed by atoms with Gasteiger partial charge in [0.2, 0.25) is 0 Å². The Morgan fingerprint density at radius 1 is 0.900 bits per heavy atom. The Bertz CT molecular complexity index is 295.